The van der Waals surface area contributed by atoms with Crippen LogP contribution < -0.4 is 5.32 Å². The van der Waals surface area contributed by atoms with Gasteiger partial charge in [0.15, 0.2) is 0 Å². The number of carbonyl (C=O) groups is 1. The van der Waals surface area contributed by atoms with Crippen LogP contribution in [0.3, 0.4) is 0 Å². The molecule has 1 aliphatic heterocycles. The second-order valence-corrected chi connectivity index (χ2v) is 5.04. The Morgan fingerprint density at radius 2 is 2.40 bits per heavy atom. The molecule has 0 bridgehead atoms. The molecule has 5 nitrogen and oxygen atoms in total. The molecule has 1 atom stereocenters. The van der Waals surface area contributed by atoms with Crippen LogP contribution in [-0.4, -0.2) is 43.2 Å². The predicted molar refractivity (Wildman–Crippen MR) is 76.6 cm³/mol. The van der Waals surface area contributed by atoms with E-state index < -0.39 is 0 Å². The fourth-order valence-electron chi connectivity index (χ4n) is 2.68. The number of hydrogen-bond donors (Lipinski definition) is 1. The molecule has 0 amide bonds. The highest BCUT2D eigenvalue weighted by Gasteiger charge is 2.23. The summed E-state index contributed by atoms with van der Waals surface area (Å²) in [5, 5.41) is 3.42. The van der Waals surface area contributed by atoms with E-state index in [0.29, 0.717) is 30.5 Å². The lowest BCUT2D eigenvalue weighted by atomic mass is 10.1. The maximum Gasteiger partial charge on any atom is 0.341 e. The molecule has 0 aromatic carbocycles. The minimum absolute atomic E-state index is 0.297. The normalized spacial score (nSPS) is 19.2. The molecule has 1 unspecified atom stereocenters. The second kappa shape index (κ2) is 7.45. The molecule has 0 spiro atoms. The van der Waals surface area contributed by atoms with Gasteiger partial charge in [-0.1, -0.05) is 6.92 Å². The first-order valence-electron chi connectivity index (χ1n) is 7.44. The second-order valence-electron chi connectivity index (χ2n) is 5.04. The molecule has 1 saturated heterocycles. The predicted octanol–water partition coefficient (Wildman–Crippen LogP) is 2.03. The van der Waals surface area contributed by atoms with Crippen LogP contribution in [0.5, 0.6) is 0 Å². The van der Waals surface area contributed by atoms with E-state index in [1.807, 2.05) is 6.92 Å². The number of piperidine rings is 1. The zero-order valence-electron chi connectivity index (χ0n) is 12.4. The van der Waals surface area contributed by atoms with Crippen LogP contribution in [0.4, 0.5) is 0 Å². The highest BCUT2D eigenvalue weighted by molar-refractivity contribution is 5.90. The molecule has 1 aromatic heterocycles. The molecular formula is C15H24N2O3. The Labute approximate surface area is 120 Å². The van der Waals surface area contributed by atoms with E-state index in [2.05, 4.69) is 17.1 Å². The van der Waals surface area contributed by atoms with Gasteiger partial charge < -0.3 is 14.5 Å². The minimum Gasteiger partial charge on any atom is -0.467 e. The van der Waals surface area contributed by atoms with Crippen LogP contribution in [0.2, 0.25) is 0 Å². The summed E-state index contributed by atoms with van der Waals surface area (Å²) in [7, 11) is 0. The average molecular weight is 280 g/mol. The first-order chi connectivity index (χ1) is 9.76. The summed E-state index contributed by atoms with van der Waals surface area (Å²) >= 11 is 0. The number of esters is 1. The molecule has 2 rings (SSSR count). The monoisotopic (exact) mass is 280 g/mol. The van der Waals surface area contributed by atoms with E-state index in [0.717, 1.165) is 19.6 Å². The number of carbonyl (C=O) groups excluding carboxylic acids is 1. The van der Waals surface area contributed by atoms with Crippen LogP contribution in [0.1, 0.15) is 42.8 Å². The Bertz CT molecular complexity index is 425. The quantitative estimate of drug-likeness (QED) is 0.808. The standard InChI is InChI=1S/C15H24N2O3/c1-3-17(12-6-5-8-16-10-12)11-14-13(7-9-20-14)15(18)19-4-2/h7,9,12,16H,3-6,8,10-11H2,1-2H3. The summed E-state index contributed by atoms with van der Waals surface area (Å²) in [5.41, 5.74) is 0.550. The van der Waals surface area contributed by atoms with Crippen molar-refractivity contribution in [1.29, 1.82) is 0 Å². The lowest BCUT2D eigenvalue weighted by Crippen LogP contribution is -2.45. The lowest BCUT2D eigenvalue weighted by molar-refractivity contribution is 0.0520. The van der Waals surface area contributed by atoms with Gasteiger partial charge in [-0.3, -0.25) is 4.90 Å². The van der Waals surface area contributed by atoms with E-state index in [9.17, 15) is 4.79 Å². The van der Waals surface area contributed by atoms with Gasteiger partial charge in [0.1, 0.15) is 11.3 Å². The van der Waals surface area contributed by atoms with Crippen molar-refractivity contribution in [3.8, 4) is 0 Å². The zero-order valence-corrected chi connectivity index (χ0v) is 12.4. The molecule has 0 aliphatic carbocycles. The minimum atomic E-state index is -0.297. The number of rotatable bonds is 6. The zero-order chi connectivity index (χ0) is 14.4. The highest BCUT2D eigenvalue weighted by Crippen LogP contribution is 2.18. The summed E-state index contributed by atoms with van der Waals surface area (Å²) < 4.78 is 10.6. The third-order valence-electron chi connectivity index (χ3n) is 3.78. The fourth-order valence-corrected chi connectivity index (χ4v) is 2.68. The SMILES string of the molecule is CCOC(=O)c1ccoc1CN(CC)C1CCCNC1. The number of hydrogen-bond acceptors (Lipinski definition) is 5. The summed E-state index contributed by atoms with van der Waals surface area (Å²) in [5.74, 6) is 0.407. The van der Waals surface area contributed by atoms with Crippen molar-refractivity contribution < 1.29 is 13.9 Å². The number of furan rings is 1. The van der Waals surface area contributed by atoms with Gasteiger partial charge in [-0.15, -0.1) is 0 Å². The van der Waals surface area contributed by atoms with E-state index in [-0.39, 0.29) is 5.97 Å². The Morgan fingerprint density at radius 3 is 3.05 bits per heavy atom. The Morgan fingerprint density at radius 1 is 1.55 bits per heavy atom. The fraction of sp³-hybridized carbons (Fsp3) is 0.667. The van der Waals surface area contributed by atoms with Crippen molar-refractivity contribution in [1.82, 2.24) is 10.2 Å². The molecule has 20 heavy (non-hydrogen) atoms. The first kappa shape index (κ1) is 15.1. The van der Waals surface area contributed by atoms with Crippen molar-refractivity contribution >= 4 is 5.97 Å². The van der Waals surface area contributed by atoms with Crippen LogP contribution in [0, 0.1) is 0 Å². The van der Waals surface area contributed by atoms with Gasteiger partial charge in [0, 0.05) is 12.6 Å². The van der Waals surface area contributed by atoms with Gasteiger partial charge in [-0.25, -0.2) is 4.79 Å². The van der Waals surface area contributed by atoms with Crippen molar-refractivity contribution in [2.75, 3.05) is 26.2 Å². The molecule has 1 aromatic rings. The van der Waals surface area contributed by atoms with Crippen LogP contribution in [-0.2, 0) is 11.3 Å². The number of nitrogens with zero attached hydrogens (tertiary/aromatic N) is 1. The first-order valence-corrected chi connectivity index (χ1v) is 7.44. The Balaban J connectivity index is 2.03. The average Bonchev–Trinajstić information content (AvgIpc) is 2.94. The van der Waals surface area contributed by atoms with Crippen molar-refractivity contribution in [3.63, 3.8) is 0 Å². The topological polar surface area (TPSA) is 54.7 Å². The Kier molecular flexibility index (Phi) is 5.61. The molecule has 1 fully saturated rings. The van der Waals surface area contributed by atoms with Gasteiger partial charge in [-0.05, 0) is 38.9 Å². The number of likely N-dealkylation sites (N-methyl/N-ethyl adjacent to an activating group) is 1. The maximum atomic E-state index is 11.9. The highest BCUT2D eigenvalue weighted by atomic mass is 16.5. The lowest BCUT2D eigenvalue weighted by Gasteiger charge is -2.33. The maximum absolute atomic E-state index is 11.9. The van der Waals surface area contributed by atoms with Crippen LogP contribution >= 0.6 is 0 Å². The molecule has 2 heterocycles. The van der Waals surface area contributed by atoms with Gasteiger partial charge in [-0.2, -0.15) is 0 Å². The molecule has 1 N–H and O–H groups in total. The summed E-state index contributed by atoms with van der Waals surface area (Å²) in [6.45, 7) is 8.03. The summed E-state index contributed by atoms with van der Waals surface area (Å²) in [6, 6.07) is 2.20. The number of nitrogens with one attached hydrogen (secondary N) is 1. The van der Waals surface area contributed by atoms with Crippen LogP contribution in [0.25, 0.3) is 0 Å². The molecule has 0 saturated carbocycles. The smallest absolute Gasteiger partial charge is 0.341 e. The largest absolute Gasteiger partial charge is 0.467 e. The van der Waals surface area contributed by atoms with Gasteiger partial charge in [0.25, 0.3) is 0 Å². The number of ether oxygens (including phenoxy) is 1. The van der Waals surface area contributed by atoms with Gasteiger partial charge in [0.05, 0.1) is 19.4 Å². The summed E-state index contributed by atoms with van der Waals surface area (Å²) in [4.78, 5) is 14.2. The van der Waals surface area contributed by atoms with Gasteiger partial charge >= 0.3 is 5.97 Å². The van der Waals surface area contributed by atoms with E-state index in [1.54, 1.807) is 12.3 Å². The van der Waals surface area contributed by atoms with Gasteiger partial charge in [0.2, 0.25) is 0 Å². The van der Waals surface area contributed by atoms with Crippen LogP contribution in [0.15, 0.2) is 16.7 Å². The van der Waals surface area contributed by atoms with Crippen molar-refractivity contribution in [3.05, 3.63) is 23.7 Å². The Hall–Kier alpha value is -1.33. The molecule has 112 valence electrons. The molecule has 1 aliphatic rings. The third-order valence-corrected chi connectivity index (χ3v) is 3.78. The van der Waals surface area contributed by atoms with Crippen molar-refractivity contribution in [2.24, 2.45) is 0 Å². The third kappa shape index (κ3) is 3.61. The van der Waals surface area contributed by atoms with E-state index in [1.165, 1.54) is 12.8 Å². The molecule has 0 radical (unpaired) electrons. The van der Waals surface area contributed by atoms with E-state index in [4.69, 9.17) is 9.15 Å². The molecular weight excluding hydrogens is 256 g/mol. The summed E-state index contributed by atoms with van der Waals surface area (Å²) in [6.07, 6.45) is 3.95. The van der Waals surface area contributed by atoms with E-state index >= 15 is 0 Å². The molecule has 5 heteroatoms. The van der Waals surface area contributed by atoms with Crippen molar-refractivity contribution in [2.45, 2.75) is 39.3 Å².